The van der Waals surface area contributed by atoms with Crippen molar-refractivity contribution in [1.82, 2.24) is 9.97 Å². The lowest BCUT2D eigenvalue weighted by atomic mass is 10.2. The van der Waals surface area contributed by atoms with Crippen LogP contribution in [0.2, 0.25) is 0 Å². The number of aromatic nitrogens is 2. The number of hydrogen-bond donors (Lipinski definition) is 1. The van der Waals surface area contributed by atoms with Crippen molar-refractivity contribution in [3.05, 3.63) is 45.5 Å². The van der Waals surface area contributed by atoms with Gasteiger partial charge in [-0.2, -0.15) is 13.2 Å². The molecule has 0 fully saturated rings. The van der Waals surface area contributed by atoms with Crippen LogP contribution in [-0.2, 0) is 6.18 Å². The van der Waals surface area contributed by atoms with E-state index in [1.165, 1.54) is 18.5 Å². The molecule has 0 amide bonds. The first-order valence-corrected chi connectivity index (χ1v) is 6.05. The molecule has 0 unspecified atom stereocenters. The van der Waals surface area contributed by atoms with Gasteiger partial charge in [-0.3, -0.25) is 0 Å². The molecule has 0 saturated carbocycles. The maximum Gasteiger partial charge on any atom is 0.419 e. The molecule has 0 radical (unpaired) electrons. The van der Waals surface area contributed by atoms with Crippen LogP contribution in [0.5, 0.6) is 0 Å². The van der Waals surface area contributed by atoms with Gasteiger partial charge in [0.25, 0.3) is 0 Å². The number of alkyl halides is 3. The minimum absolute atomic E-state index is 0.0648. The van der Waals surface area contributed by atoms with E-state index in [9.17, 15) is 17.6 Å². The lowest BCUT2D eigenvalue weighted by Gasteiger charge is -2.10. The Bertz CT molecular complexity index is 583. The predicted molar refractivity (Wildman–Crippen MR) is 69.4 cm³/mol. The van der Waals surface area contributed by atoms with E-state index < -0.39 is 17.6 Å². The van der Waals surface area contributed by atoms with Crippen LogP contribution in [-0.4, -0.2) is 9.97 Å². The molecule has 19 heavy (non-hydrogen) atoms. The lowest BCUT2D eigenvalue weighted by Crippen LogP contribution is -2.09. The highest BCUT2D eigenvalue weighted by Gasteiger charge is 2.34. The highest BCUT2D eigenvalue weighted by Crippen LogP contribution is 2.33. The molecule has 100 valence electrons. The third-order valence-electron chi connectivity index (χ3n) is 2.15. The fraction of sp³-hybridized carbons (Fsp3) is 0.0909. The van der Waals surface area contributed by atoms with Crippen molar-refractivity contribution >= 4 is 34.2 Å². The highest BCUT2D eigenvalue weighted by atomic mass is 127. The zero-order valence-electron chi connectivity index (χ0n) is 9.17. The third kappa shape index (κ3) is 3.52. The van der Waals surface area contributed by atoms with E-state index in [4.69, 9.17) is 0 Å². The molecule has 0 aliphatic rings. The zero-order valence-corrected chi connectivity index (χ0v) is 11.3. The zero-order chi connectivity index (χ0) is 14.0. The Hall–Kier alpha value is -1.45. The Morgan fingerprint density at radius 2 is 1.74 bits per heavy atom. The number of nitrogens with zero attached hydrogens (tertiary/aromatic N) is 2. The number of nitrogens with one attached hydrogen (secondary N) is 1. The molecule has 0 spiro atoms. The molecule has 2 rings (SSSR count). The summed E-state index contributed by atoms with van der Waals surface area (Å²) < 4.78 is 51.4. The Morgan fingerprint density at radius 1 is 1.11 bits per heavy atom. The van der Waals surface area contributed by atoms with Gasteiger partial charge in [0.15, 0.2) is 0 Å². The van der Waals surface area contributed by atoms with Crippen molar-refractivity contribution in [2.24, 2.45) is 0 Å². The molecule has 0 atom stereocenters. The van der Waals surface area contributed by atoms with Crippen LogP contribution in [0.4, 0.5) is 29.2 Å². The second-order valence-corrected chi connectivity index (χ2v) is 4.79. The van der Waals surface area contributed by atoms with Gasteiger partial charge < -0.3 is 5.32 Å². The van der Waals surface area contributed by atoms with Crippen LogP contribution in [0.3, 0.4) is 0 Å². The van der Waals surface area contributed by atoms with Crippen molar-refractivity contribution in [1.29, 1.82) is 0 Å². The standard InChI is InChI=1S/C11H6F4IN3/c12-9-2-1-7(3-8(9)11(13,14)15)19-10-17-4-6(16)5-18-10/h1-5H,(H,17,18,19). The van der Waals surface area contributed by atoms with Crippen molar-refractivity contribution in [3.63, 3.8) is 0 Å². The van der Waals surface area contributed by atoms with Gasteiger partial charge in [-0.1, -0.05) is 0 Å². The number of anilines is 2. The summed E-state index contributed by atoms with van der Waals surface area (Å²) in [4.78, 5) is 7.77. The summed E-state index contributed by atoms with van der Waals surface area (Å²) in [6.07, 6.45) is -1.73. The summed E-state index contributed by atoms with van der Waals surface area (Å²) in [5.74, 6) is -1.18. The van der Waals surface area contributed by atoms with Gasteiger partial charge in [0.05, 0.1) is 5.56 Å². The monoisotopic (exact) mass is 383 g/mol. The molecule has 0 saturated heterocycles. The number of halogens is 5. The first-order chi connectivity index (χ1) is 8.86. The normalized spacial score (nSPS) is 11.4. The largest absolute Gasteiger partial charge is 0.419 e. The molecule has 0 bridgehead atoms. The van der Waals surface area contributed by atoms with Crippen LogP contribution in [0.1, 0.15) is 5.56 Å². The molecule has 3 nitrogen and oxygen atoms in total. The summed E-state index contributed by atoms with van der Waals surface area (Å²) in [7, 11) is 0. The second-order valence-electron chi connectivity index (χ2n) is 3.54. The summed E-state index contributed by atoms with van der Waals surface area (Å²) in [6, 6.07) is 2.61. The van der Waals surface area contributed by atoms with Crippen LogP contribution < -0.4 is 5.32 Å². The van der Waals surface area contributed by atoms with E-state index in [1.54, 1.807) is 0 Å². The van der Waals surface area contributed by atoms with Crippen molar-refractivity contribution in [2.45, 2.75) is 6.18 Å². The lowest BCUT2D eigenvalue weighted by molar-refractivity contribution is -0.139. The Morgan fingerprint density at radius 3 is 2.32 bits per heavy atom. The molecule has 1 aromatic heterocycles. The molecule has 8 heteroatoms. The smallest absolute Gasteiger partial charge is 0.324 e. The quantitative estimate of drug-likeness (QED) is 0.630. The summed E-state index contributed by atoms with van der Waals surface area (Å²) in [5.41, 5.74) is -1.27. The maximum absolute atomic E-state index is 13.1. The van der Waals surface area contributed by atoms with E-state index in [0.29, 0.717) is 6.07 Å². The SMILES string of the molecule is Fc1ccc(Nc2ncc(I)cn2)cc1C(F)(F)F. The molecule has 0 aliphatic carbocycles. The Labute approximate surface area is 119 Å². The first-order valence-electron chi connectivity index (χ1n) is 4.97. The summed E-state index contributed by atoms with van der Waals surface area (Å²) in [5, 5.41) is 2.58. The number of benzene rings is 1. The van der Waals surface area contributed by atoms with E-state index in [1.807, 2.05) is 22.6 Å². The fourth-order valence-electron chi connectivity index (χ4n) is 1.33. The van der Waals surface area contributed by atoms with Crippen LogP contribution in [0.25, 0.3) is 0 Å². The molecular formula is C11H6F4IN3. The van der Waals surface area contributed by atoms with E-state index in [-0.39, 0.29) is 11.6 Å². The maximum atomic E-state index is 13.1. The van der Waals surface area contributed by atoms with Crippen LogP contribution in [0.15, 0.2) is 30.6 Å². The van der Waals surface area contributed by atoms with Gasteiger partial charge in [0.1, 0.15) is 5.82 Å². The van der Waals surface area contributed by atoms with Gasteiger partial charge in [-0.25, -0.2) is 14.4 Å². The van der Waals surface area contributed by atoms with Crippen molar-refractivity contribution in [3.8, 4) is 0 Å². The third-order valence-corrected chi connectivity index (χ3v) is 2.71. The average molecular weight is 383 g/mol. The molecule has 1 N–H and O–H groups in total. The minimum atomic E-state index is -4.74. The van der Waals surface area contributed by atoms with Gasteiger partial charge in [-0.05, 0) is 40.8 Å². The molecule has 1 aromatic carbocycles. The summed E-state index contributed by atoms with van der Waals surface area (Å²) in [6.45, 7) is 0. The second kappa shape index (κ2) is 5.27. The summed E-state index contributed by atoms with van der Waals surface area (Å²) >= 11 is 2.00. The van der Waals surface area contributed by atoms with E-state index in [2.05, 4.69) is 15.3 Å². The molecule has 2 aromatic rings. The molecular weight excluding hydrogens is 377 g/mol. The minimum Gasteiger partial charge on any atom is -0.324 e. The average Bonchev–Trinajstić information content (AvgIpc) is 2.33. The topological polar surface area (TPSA) is 37.8 Å². The van der Waals surface area contributed by atoms with Crippen LogP contribution >= 0.6 is 22.6 Å². The Kier molecular flexibility index (Phi) is 3.88. The fourth-order valence-corrected chi connectivity index (χ4v) is 1.60. The van der Waals surface area contributed by atoms with Crippen molar-refractivity contribution in [2.75, 3.05) is 5.32 Å². The first kappa shape index (κ1) is 14.0. The Balaban J connectivity index is 2.29. The van der Waals surface area contributed by atoms with Gasteiger partial charge >= 0.3 is 6.18 Å². The van der Waals surface area contributed by atoms with Gasteiger partial charge in [0, 0.05) is 21.7 Å². The molecule has 0 aliphatic heterocycles. The highest BCUT2D eigenvalue weighted by molar-refractivity contribution is 14.1. The predicted octanol–water partition coefficient (Wildman–Crippen LogP) is 3.98. The number of hydrogen-bond acceptors (Lipinski definition) is 3. The molecule has 1 heterocycles. The van der Waals surface area contributed by atoms with Crippen LogP contribution in [0, 0.1) is 9.39 Å². The van der Waals surface area contributed by atoms with Crippen molar-refractivity contribution < 1.29 is 17.6 Å². The van der Waals surface area contributed by atoms with E-state index in [0.717, 1.165) is 9.64 Å². The number of rotatable bonds is 2. The van der Waals surface area contributed by atoms with Gasteiger partial charge in [-0.15, -0.1) is 0 Å². The van der Waals surface area contributed by atoms with Gasteiger partial charge in [0.2, 0.25) is 5.95 Å². The van der Waals surface area contributed by atoms with E-state index >= 15 is 0 Å².